The monoisotopic (exact) mass is 277 g/mol. The molecule has 0 saturated carbocycles. The first kappa shape index (κ1) is 13.1. The Morgan fingerprint density at radius 2 is 2.05 bits per heavy atom. The van der Waals surface area contributed by atoms with Crippen LogP contribution in [0.1, 0.15) is 37.8 Å². The van der Waals surface area contributed by atoms with Crippen molar-refractivity contribution in [3.05, 3.63) is 18.0 Å². The third kappa shape index (κ3) is 2.55. The number of hydrogen-bond donors (Lipinski definition) is 2. The van der Waals surface area contributed by atoms with E-state index in [2.05, 4.69) is 10.2 Å². The zero-order chi connectivity index (χ0) is 14.1. The molecule has 2 atom stereocenters. The molecule has 2 unspecified atom stereocenters. The number of aromatic nitrogens is 2. The van der Waals surface area contributed by atoms with Gasteiger partial charge >= 0.3 is 5.97 Å². The minimum absolute atomic E-state index is 0.135. The molecule has 0 aliphatic carbocycles. The minimum Gasteiger partial charge on any atom is -0.481 e. The van der Waals surface area contributed by atoms with E-state index in [-0.39, 0.29) is 30.3 Å². The lowest BCUT2D eigenvalue weighted by atomic mass is 9.88. The molecular weight excluding hydrogens is 258 g/mol. The summed E-state index contributed by atoms with van der Waals surface area (Å²) in [4.78, 5) is 25.3. The molecule has 0 radical (unpaired) electrons. The molecule has 20 heavy (non-hydrogen) atoms. The van der Waals surface area contributed by atoms with Gasteiger partial charge in [0.05, 0.1) is 6.42 Å². The number of carbonyl (C=O) groups is 2. The van der Waals surface area contributed by atoms with E-state index in [1.54, 1.807) is 6.20 Å². The van der Waals surface area contributed by atoms with Gasteiger partial charge in [0.2, 0.25) is 5.91 Å². The summed E-state index contributed by atoms with van der Waals surface area (Å²) in [5.41, 5.74) is 0.835. The minimum atomic E-state index is -0.730. The summed E-state index contributed by atoms with van der Waals surface area (Å²) in [7, 11) is 0. The van der Waals surface area contributed by atoms with Gasteiger partial charge in [-0.25, -0.2) is 0 Å². The van der Waals surface area contributed by atoms with Gasteiger partial charge in [0.1, 0.15) is 0 Å². The highest BCUT2D eigenvalue weighted by Gasteiger charge is 2.43. The van der Waals surface area contributed by atoms with Crippen molar-refractivity contribution in [1.29, 1.82) is 0 Å². The molecule has 2 aliphatic rings. The van der Waals surface area contributed by atoms with Crippen LogP contribution in [0, 0.1) is 5.92 Å². The van der Waals surface area contributed by atoms with E-state index in [4.69, 9.17) is 5.11 Å². The number of nitrogens with zero attached hydrogens (tertiary/aromatic N) is 2. The quantitative estimate of drug-likeness (QED) is 0.865. The van der Waals surface area contributed by atoms with E-state index in [0.717, 1.165) is 31.4 Å². The topological polar surface area (TPSA) is 86.3 Å². The van der Waals surface area contributed by atoms with Gasteiger partial charge in [-0.15, -0.1) is 0 Å². The molecule has 2 aliphatic heterocycles. The fraction of sp³-hybridized carbons (Fsp3) is 0.643. The number of carboxylic acids is 1. The largest absolute Gasteiger partial charge is 0.481 e. The van der Waals surface area contributed by atoms with E-state index >= 15 is 0 Å². The molecule has 2 fully saturated rings. The van der Waals surface area contributed by atoms with E-state index in [1.807, 2.05) is 11.0 Å². The first-order valence-electron chi connectivity index (χ1n) is 7.14. The van der Waals surface area contributed by atoms with Gasteiger partial charge in [-0.05, 0) is 37.7 Å². The van der Waals surface area contributed by atoms with Crippen LogP contribution in [0.2, 0.25) is 0 Å². The van der Waals surface area contributed by atoms with E-state index < -0.39 is 5.97 Å². The Morgan fingerprint density at radius 3 is 2.60 bits per heavy atom. The number of carboxylic acid groups (broad SMARTS) is 1. The lowest BCUT2D eigenvalue weighted by Gasteiger charge is -2.38. The number of aromatic amines is 1. The lowest BCUT2D eigenvalue weighted by Crippen LogP contribution is -2.47. The predicted molar refractivity (Wildman–Crippen MR) is 70.9 cm³/mol. The Hall–Kier alpha value is -1.85. The molecule has 3 rings (SSSR count). The average Bonchev–Trinajstić information content (AvgIpc) is 2.95. The first-order chi connectivity index (χ1) is 9.63. The molecule has 0 spiro atoms. The Morgan fingerprint density at radius 1 is 1.35 bits per heavy atom. The zero-order valence-corrected chi connectivity index (χ0v) is 11.3. The fourth-order valence-electron chi connectivity index (χ4n) is 3.75. The number of piperidine rings is 1. The second kappa shape index (κ2) is 5.26. The summed E-state index contributed by atoms with van der Waals surface area (Å²) < 4.78 is 0. The average molecular weight is 277 g/mol. The van der Waals surface area contributed by atoms with Crippen LogP contribution >= 0.6 is 0 Å². The van der Waals surface area contributed by atoms with Crippen molar-refractivity contribution < 1.29 is 14.7 Å². The number of aliphatic carboxylic acids is 1. The van der Waals surface area contributed by atoms with Gasteiger partial charge in [-0.1, -0.05) is 0 Å². The van der Waals surface area contributed by atoms with Gasteiger partial charge < -0.3 is 10.0 Å². The van der Waals surface area contributed by atoms with Crippen LogP contribution in [-0.2, 0) is 16.0 Å². The van der Waals surface area contributed by atoms with Gasteiger partial charge in [-0.3, -0.25) is 14.7 Å². The summed E-state index contributed by atoms with van der Waals surface area (Å²) in [6, 6.07) is 2.28. The Balaban J connectivity index is 1.64. The molecule has 1 aromatic heterocycles. The normalized spacial score (nSPS) is 28.6. The summed E-state index contributed by atoms with van der Waals surface area (Å²) in [6.07, 6.45) is 5.92. The molecule has 108 valence electrons. The molecule has 2 saturated heterocycles. The van der Waals surface area contributed by atoms with Crippen molar-refractivity contribution in [3.8, 4) is 0 Å². The maximum atomic E-state index is 12.4. The van der Waals surface area contributed by atoms with Crippen molar-refractivity contribution in [2.45, 2.75) is 50.6 Å². The van der Waals surface area contributed by atoms with Gasteiger partial charge in [-0.2, -0.15) is 5.10 Å². The third-order valence-electron chi connectivity index (χ3n) is 4.48. The standard InChI is InChI=1S/C14H19N3O3/c18-13(8-10-3-4-15-16-10)17-11-1-2-12(17)6-9(5-11)7-14(19)20/h3-4,9,11-12H,1-2,5-8H2,(H,15,16)(H,19,20). The molecule has 3 heterocycles. The molecule has 2 N–H and O–H groups in total. The maximum absolute atomic E-state index is 12.4. The molecule has 6 heteroatoms. The number of carbonyl (C=O) groups excluding carboxylic acids is 1. The second-order valence-electron chi connectivity index (χ2n) is 5.88. The van der Waals surface area contributed by atoms with Gasteiger partial charge in [0.25, 0.3) is 0 Å². The number of rotatable bonds is 4. The Kier molecular flexibility index (Phi) is 3.46. The smallest absolute Gasteiger partial charge is 0.303 e. The van der Waals surface area contributed by atoms with Crippen molar-refractivity contribution in [2.24, 2.45) is 5.92 Å². The van der Waals surface area contributed by atoms with Crippen LogP contribution < -0.4 is 0 Å². The molecular formula is C14H19N3O3. The Bertz CT molecular complexity index is 486. The lowest BCUT2D eigenvalue weighted by molar-refractivity contribution is -0.139. The van der Waals surface area contributed by atoms with Crippen molar-refractivity contribution in [2.75, 3.05) is 0 Å². The molecule has 1 aromatic rings. The van der Waals surface area contributed by atoms with E-state index in [9.17, 15) is 9.59 Å². The van der Waals surface area contributed by atoms with Crippen LogP contribution in [0.3, 0.4) is 0 Å². The summed E-state index contributed by atoms with van der Waals surface area (Å²) in [6.45, 7) is 0. The van der Waals surface area contributed by atoms with Crippen LogP contribution in [0.5, 0.6) is 0 Å². The third-order valence-corrected chi connectivity index (χ3v) is 4.48. The number of fused-ring (bicyclic) bond motifs is 2. The number of amides is 1. The number of hydrogen-bond acceptors (Lipinski definition) is 3. The van der Waals surface area contributed by atoms with Crippen LogP contribution in [0.4, 0.5) is 0 Å². The van der Waals surface area contributed by atoms with Crippen LogP contribution in [-0.4, -0.2) is 44.2 Å². The van der Waals surface area contributed by atoms with Crippen LogP contribution in [0.25, 0.3) is 0 Å². The highest BCUT2D eigenvalue weighted by molar-refractivity contribution is 5.79. The maximum Gasteiger partial charge on any atom is 0.303 e. The highest BCUT2D eigenvalue weighted by atomic mass is 16.4. The Labute approximate surface area is 117 Å². The van der Waals surface area contributed by atoms with E-state index in [0.29, 0.717) is 6.42 Å². The molecule has 1 amide bonds. The summed E-state index contributed by atoms with van der Waals surface area (Å²) >= 11 is 0. The highest BCUT2D eigenvalue weighted by Crippen LogP contribution is 2.40. The summed E-state index contributed by atoms with van der Waals surface area (Å²) in [5.74, 6) is -0.372. The number of H-pyrrole nitrogens is 1. The van der Waals surface area contributed by atoms with Crippen LogP contribution in [0.15, 0.2) is 12.3 Å². The molecule has 6 nitrogen and oxygen atoms in total. The first-order valence-corrected chi connectivity index (χ1v) is 7.14. The molecule has 2 bridgehead atoms. The van der Waals surface area contributed by atoms with Gasteiger partial charge in [0.15, 0.2) is 0 Å². The zero-order valence-electron chi connectivity index (χ0n) is 11.3. The SMILES string of the molecule is O=C(O)CC1CC2CCC(C1)N2C(=O)Cc1ccn[nH]1. The number of nitrogens with one attached hydrogen (secondary N) is 1. The van der Waals surface area contributed by atoms with Crippen molar-refractivity contribution in [1.82, 2.24) is 15.1 Å². The predicted octanol–water partition coefficient (Wildman–Crippen LogP) is 1.20. The van der Waals surface area contributed by atoms with Crippen molar-refractivity contribution >= 4 is 11.9 Å². The van der Waals surface area contributed by atoms with Gasteiger partial charge in [0, 0.05) is 30.4 Å². The van der Waals surface area contributed by atoms with Crippen molar-refractivity contribution in [3.63, 3.8) is 0 Å². The second-order valence-corrected chi connectivity index (χ2v) is 5.88. The van der Waals surface area contributed by atoms with E-state index in [1.165, 1.54) is 0 Å². The molecule has 0 aromatic carbocycles. The fourth-order valence-corrected chi connectivity index (χ4v) is 3.75. The summed E-state index contributed by atoms with van der Waals surface area (Å²) in [5, 5.41) is 15.6.